The van der Waals surface area contributed by atoms with Gasteiger partial charge in [0.05, 0.1) is 0 Å². The van der Waals surface area contributed by atoms with E-state index in [-0.39, 0.29) is 25.2 Å². The molecule has 0 heterocycles. The molecule has 0 amide bonds. The molecule has 0 bridgehead atoms. The number of hydrogen-bond acceptors (Lipinski definition) is 4. The van der Waals surface area contributed by atoms with Crippen LogP contribution in [0.25, 0.3) is 0 Å². The molecule has 1 aromatic carbocycles. The highest BCUT2D eigenvalue weighted by Gasteiger charge is 2.07. The second-order valence-corrected chi connectivity index (χ2v) is 4.53. The molecule has 0 N–H and O–H groups in total. The normalized spacial score (nSPS) is 9.82. The second kappa shape index (κ2) is 6.58. The zero-order chi connectivity index (χ0) is 12.8. The Bertz CT molecular complexity index is 392. The third-order valence-corrected chi connectivity index (χ3v) is 3.41. The largest absolute Gasteiger partial charge is 0.461 e. The van der Waals surface area contributed by atoms with E-state index in [4.69, 9.17) is 9.47 Å². The summed E-state index contributed by atoms with van der Waals surface area (Å²) >= 11 is 2.15. The Morgan fingerprint density at radius 2 is 1.47 bits per heavy atom. The molecule has 0 aliphatic carbocycles. The molecule has 0 radical (unpaired) electrons. The summed E-state index contributed by atoms with van der Waals surface area (Å²) in [6, 6.07) is 5.60. The number of ether oxygens (including phenoxy) is 2. The molecule has 4 nitrogen and oxygen atoms in total. The molecule has 0 unspecified atom stereocenters. The Kier molecular flexibility index (Phi) is 5.40. The number of halogens is 1. The van der Waals surface area contributed by atoms with E-state index in [9.17, 15) is 9.59 Å². The first-order chi connectivity index (χ1) is 8.00. The number of carbonyl (C=O) groups is 2. The first-order valence-electron chi connectivity index (χ1n) is 5.03. The van der Waals surface area contributed by atoms with Gasteiger partial charge in [0.15, 0.2) is 0 Å². The van der Waals surface area contributed by atoms with Crippen molar-refractivity contribution < 1.29 is 19.1 Å². The minimum Gasteiger partial charge on any atom is -0.461 e. The minimum absolute atomic E-state index is 0.238. The third-order valence-electron chi connectivity index (χ3n) is 2.02. The summed E-state index contributed by atoms with van der Waals surface area (Å²) in [5.74, 6) is -0.627. The molecule has 0 atom stereocenters. The van der Waals surface area contributed by atoms with Crippen LogP contribution in [0.4, 0.5) is 0 Å². The van der Waals surface area contributed by atoms with Crippen molar-refractivity contribution in [1.82, 2.24) is 0 Å². The van der Waals surface area contributed by atoms with Gasteiger partial charge in [-0.1, -0.05) is 18.2 Å². The van der Waals surface area contributed by atoms with E-state index in [1.54, 1.807) is 0 Å². The summed E-state index contributed by atoms with van der Waals surface area (Å²) in [5.41, 5.74) is 1.82. The van der Waals surface area contributed by atoms with E-state index >= 15 is 0 Å². The van der Waals surface area contributed by atoms with Crippen LogP contribution in [0.3, 0.4) is 0 Å². The SMILES string of the molecule is CC(=O)OCc1cccc(COC(C)=O)c1I. The second-order valence-electron chi connectivity index (χ2n) is 3.45. The van der Waals surface area contributed by atoms with Crippen molar-refractivity contribution in [1.29, 1.82) is 0 Å². The predicted octanol–water partition coefficient (Wildman–Crippen LogP) is 2.42. The first-order valence-corrected chi connectivity index (χ1v) is 6.11. The van der Waals surface area contributed by atoms with Crippen LogP contribution in [-0.2, 0) is 32.3 Å². The quantitative estimate of drug-likeness (QED) is 0.620. The van der Waals surface area contributed by atoms with Crippen LogP contribution in [0.2, 0.25) is 0 Å². The van der Waals surface area contributed by atoms with Crippen molar-refractivity contribution in [3.05, 3.63) is 32.9 Å². The molecule has 0 aromatic heterocycles. The van der Waals surface area contributed by atoms with Crippen molar-refractivity contribution in [3.8, 4) is 0 Å². The maximum absolute atomic E-state index is 10.7. The lowest BCUT2D eigenvalue weighted by molar-refractivity contribution is -0.142. The number of carbonyl (C=O) groups excluding carboxylic acids is 2. The zero-order valence-electron chi connectivity index (χ0n) is 9.66. The van der Waals surface area contributed by atoms with Gasteiger partial charge < -0.3 is 9.47 Å². The number of esters is 2. The molecule has 0 aliphatic rings. The fourth-order valence-electron chi connectivity index (χ4n) is 1.21. The van der Waals surface area contributed by atoms with E-state index in [0.717, 1.165) is 14.7 Å². The van der Waals surface area contributed by atoms with Crippen molar-refractivity contribution in [2.45, 2.75) is 27.1 Å². The van der Waals surface area contributed by atoms with Crippen LogP contribution in [0.1, 0.15) is 25.0 Å². The molecule has 0 spiro atoms. The Hall–Kier alpha value is -1.11. The summed E-state index contributed by atoms with van der Waals surface area (Å²) < 4.78 is 10.8. The average molecular weight is 348 g/mol. The van der Waals surface area contributed by atoms with Gasteiger partial charge in [-0.25, -0.2) is 0 Å². The van der Waals surface area contributed by atoms with Gasteiger partial charge in [-0.05, 0) is 22.6 Å². The summed E-state index contributed by atoms with van der Waals surface area (Å²) in [5, 5.41) is 0. The van der Waals surface area contributed by atoms with Crippen LogP contribution >= 0.6 is 22.6 Å². The maximum atomic E-state index is 10.7. The van der Waals surface area contributed by atoms with Gasteiger partial charge in [-0.2, -0.15) is 0 Å². The van der Waals surface area contributed by atoms with E-state index < -0.39 is 0 Å². The zero-order valence-corrected chi connectivity index (χ0v) is 11.8. The molecule has 17 heavy (non-hydrogen) atoms. The summed E-state index contributed by atoms with van der Waals surface area (Å²) in [4.78, 5) is 21.5. The molecule has 0 aliphatic heterocycles. The average Bonchev–Trinajstić information content (AvgIpc) is 2.25. The molecule has 5 heteroatoms. The van der Waals surface area contributed by atoms with E-state index in [1.165, 1.54) is 13.8 Å². The van der Waals surface area contributed by atoms with Gasteiger partial charge in [0, 0.05) is 28.5 Å². The van der Waals surface area contributed by atoms with Gasteiger partial charge in [0.1, 0.15) is 13.2 Å². The fourth-order valence-corrected chi connectivity index (χ4v) is 1.89. The van der Waals surface area contributed by atoms with E-state index in [0.29, 0.717) is 0 Å². The molecule has 0 fully saturated rings. The number of benzene rings is 1. The Labute approximate surface area is 113 Å². The van der Waals surface area contributed by atoms with Crippen molar-refractivity contribution in [2.75, 3.05) is 0 Å². The van der Waals surface area contributed by atoms with E-state index in [1.807, 2.05) is 18.2 Å². The lowest BCUT2D eigenvalue weighted by atomic mass is 10.1. The highest BCUT2D eigenvalue weighted by molar-refractivity contribution is 14.1. The van der Waals surface area contributed by atoms with Gasteiger partial charge in [-0.15, -0.1) is 0 Å². The molecular formula is C12H13IO4. The standard InChI is InChI=1S/C12H13IO4/c1-8(14)16-6-10-4-3-5-11(12(10)13)7-17-9(2)15/h3-5H,6-7H2,1-2H3. The smallest absolute Gasteiger partial charge is 0.302 e. The van der Waals surface area contributed by atoms with E-state index in [2.05, 4.69) is 22.6 Å². The lowest BCUT2D eigenvalue weighted by Crippen LogP contribution is -2.04. The monoisotopic (exact) mass is 348 g/mol. The van der Waals surface area contributed by atoms with Gasteiger partial charge >= 0.3 is 11.9 Å². The van der Waals surface area contributed by atoms with Crippen LogP contribution in [0.15, 0.2) is 18.2 Å². The van der Waals surface area contributed by atoms with Crippen molar-refractivity contribution in [2.24, 2.45) is 0 Å². The Morgan fingerprint density at radius 1 is 1.06 bits per heavy atom. The van der Waals surface area contributed by atoms with Gasteiger partial charge in [0.25, 0.3) is 0 Å². The van der Waals surface area contributed by atoms with Crippen LogP contribution in [-0.4, -0.2) is 11.9 Å². The van der Waals surface area contributed by atoms with Crippen molar-refractivity contribution >= 4 is 34.5 Å². The predicted molar refractivity (Wildman–Crippen MR) is 70.1 cm³/mol. The Balaban J connectivity index is 2.76. The Morgan fingerprint density at radius 3 is 1.82 bits per heavy atom. The van der Waals surface area contributed by atoms with Crippen molar-refractivity contribution in [3.63, 3.8) is 0 Å². The van der Waals surface area contributed by atoms with Crippen LogP contribution in [0.5, 0.6) is 0 Å². The van der Waals surface area contributed by atoms with Crippen LogP contribution < -0.4 is 0 Å². The maximum Gasteiger partial charge on any atom is 0.302 e. The lowest BCUT2D eigenvalue weighted by Gasteiger charge is -2.09. The van der Waals surface area contributed by atoms with Gasteiger partial charge in [0.2, 0.25) is 0 Å². The third kappa shape index (κ3) is 4.72. The minimum atomic E-state index is -0.314. The summed E-state index contributed by atoms with van der Waals surface area (Å²) in [7, 11) is 0. The fraction of sp³-hybridized carbons (Fsp3) is 0.333. The molecule has 0 saturated heterocycles. The number of rotatable bonds is 4. The molecular weight excluding hydrogens is 335 g/mol. The first kappa shape index (κ1) is 14.0. The summed E-state index contributed by atoms with van der Waals surface area (Å²) in [6.45, 7) is 3.22. The van der Waals surface area contributed by atoms with Crippen LogP contribution in [0, 0.1) is 3.57 Å². The topological polar surface area (TPSA) is 52.6 Å². The number of hydrogen-bond donors (Lipinski definition) is 0. The van der Waals surface area contributed by atoms with Gasteiger partial charge in [-0.3, -0.25) is 9.59 Å². The molecule has 92 valence electrons. The molecule has 1 rings (SSSR count). The molecule has 1 aromatic rings. The highest BCUT2D eigenvalue weighted by atomic mass is 127. The summed E-state index contributed by atoms with van der Waals surface area (Å²) in [6.07, 6.45) is 0. The highest BCUT2D eigenvalue weighted by Crippen LogP contribution is 2.19. The molecule has 0 saturated carbocycles.